The smallest absolute Gasteiger partial charge is 0.262 e. The molecule has 0 radical (unpaired) electrons. The third-order valence-electron chi connectivity index (χ3n) is 3.51. The molecule has 23 heavy (non-hydrogen) atoms. The Labute approximate surface area is 142 Å². The number of aryl methyl sites for hydroxylation is 1. The van der Waals surface area contributed by atoms with Crippen LogP contribution in [-0.2, 0) is 10.0 Å². The Morgan fingerprint density at radius 2 is 2.04 bits per heavy atom. The van der Waals surface area contributed by atoms with Gasteiger partial charge in [0.25, 0.3) is 10.0 Å². The number of hydrogen-bond acceptors (Lipinski definition) is 3. The van der Waals surface area contributed by atoms with Crippen molar-refractivity contribution in [3.8, 4) is 6.07 Å². The number of anilines is 1. The predicted octanol–water partition coefficient (Wildman–Crippen LogP) is 3.91. The molecule has 0 fully saturated rings. The Bertz CT molecular complexity index is 1050. The van der Waals surface area contributed by atoms with Gasteiger partial charge in [-0.15, -0.1) is 0 Å². The second-order valence-corrected chi connectivity index (χ2v) is 7.60. The van der Waals surface area contributed by atoms with Crippen molar-refractivity contribution in [3.05, 3.63) is 58.2 Å². The summed E-state index contributed by atoms with van der Waals surface area (Å²) in [7, 11) is -3.78. The van der Waals surface area contributed by atoms with Crippen molar-refractivity contribution in [2.24, 2.45) is 0 Å². The van der Waals surface area contributed by atoms with E-state index in [0.717, 1.165) is 15.4 Å². The van der Waals surface area contributed by atoms with Crippen LogP contribution >= 0.6 is 15.9 Å². The minimum Gasteiger partial charge on any atom is -0.358 e. The van der Waals surface area contributed by atoms with E-state index < -0.39 is 10.0 Å². The highest BCUT2D eigenvalue weighted by atomic mass is 79.9. The number of hydrogen-bond donors (Lipinski definition) is 2. The van der Waals surface area contributed by atoms with Crippen molar-refractivity contribution in [1.29, 1.82) is 5.26 Å². The van der Waals surface area contributed by atoms with Gasteiger partial charge < -0.3 is 4.98 Å². The number of nitrogens with one attached hydrogen (secondary N) is 2. The van der Waals surface area contributed by atoms with E-state index in [0.29, 0.717) is 16.8 Å². The monoisotopic (exact) mass is 389 g/mol. The number of nitriles is 1. The first-order valence-electron chi connectivity index (χ1n) is 6.71. The first-order valence-corrected chi connectivity index (χ1v) is 8.99. The van der Waals surface area contributed by atoms with Crippen LogP contribution in [0.5, 0.6) is 0 Å². The van der Waals surface area contributed by atoms with Gasteiger partial charge in [0.1, 0.15) is 0 Å². The van der Waals surface area contributed by atoms with Gasteiger partial charge in [-0.25, -0.2) is 8.42 Å². The van der Waals surface area contributed by atoms with Gasteiger partial charge in [0, 0.05) is 16.1 Å². The fourth-order valence-corrected chi connectivity index (χ4v) is 4.14. The number of halogens is 1. The van der Waals surface area contributed by atoms with Gasteiger partial charge in [-0.3, -0.25) is 4.72 Å². The highest BCUT2D eigenvalue weighted by Gasteiger charge is 2.17. The fourth-order valence-electron chi connectivity index (χ4n) is 2.39. The molecule has 0 saturated heterocycles. The molecule has 2 N–H and O–H groups in total. The Balaban J connectivity index is 2.08. The molecule has 0 amide bonds. The lowest BCUT2D eigenvalue weighted by molar-refractivity contribution is 0.601. The zero-order valence-corrected chi connectivity index (χ0v) is 14.5. The average molecular weight is 390 g/mol. The number of nitrogens with zero attached hydrogens (tertiary/aromatic N) is 1. The molecule has 0 unspecified atom stereocenters. The van der Waals surface area contributed by atoms with E-state index in [9.17, 15) is 8.42 Å². The zero-order valence-electron chi connectivity index (χ0n) is 12.1. The van der Waals surface area contributed by atoms with Crippen LogP contribution in [0.4, 0.5) is 5.69 Å². The van der Waals surface area contributed by atoms with Gasteiger partial charge in [-0.05, 0) is 52.7 Å². The van der Waals surface area contributed by atoms with E-state index in [1.165, 1.54) is 12.1 Å². The van der Waals surface area contributed by atoms with Crippen molar-refractivity contribution < 1.29 is 8.42 Å². The number of H-pyrrole nitrogens is 1. The van der Waals surface area contributed by atoms with E-state index in [4.69, 9.17) is 5.26 Å². The molecule has 7 heteroatoms. The zero-order chi connectivity index (χ0) is 16.6. The molecule has 3 aromatic rings. The average Bonchev–Trinajstić information content (AvgIpc) is 2.93. The van der Waals surface area contributed by atoms with Crippen LogP contribution < -0.4 is 4.72 Å². The quantitative estimate of drug-likeness (QED) is 0.711. The standard InChI is InChI=1S/C16H12BrN3O2S/c1-10-5-6-14(16-15(10)13(17)9-19-16)20-23(21,22)12-4-2-3-11(7-12)8-18/h2-7,9,19-20H,1H3. The van der Waals surface area contributed by atoms with E-state index in [2.05, 4.69) is 25.6 Å². The van der Waals surface area contributed by atoms with Crippen LogP contribution in [0.2, 0.25) is 0 Å². The summed E-state index contributed by atoms with van der Waals surface area (Å²) in [5, 5.41) is 9.84. The maximum Gasteiger partial charge on any atom is 0.262 e. The summed E-state index contributed by atoms with van der Waals surface area (Å²) >= 11 is 3.45. The van der Waals surface area contributed by atoms with Crippen molar-refractivity contribution >= 4 is 42.5 Å². The van der Waals surface area contributed by atoms with Gasteiger partial charge in [-0.2, -0.15) is 5.26 Å². The van der Waals surface area contributed by atoms with Crippen LogP contribution in [0.15, 0.2) is 52.0 Å². The summed E-state index contributed by atoms with van der Waals surface area (Å²) in [5.74, 6) is 0. The molecule has 1 aromatic heterocycles. The third-order valence-corrected chi connectivity index (χ3v) is 5.50. The second-order valence-electron chi connectivity index (χ2n) is 5.06. The minimum absolute atomic E-state index is 0.0518. The van der Waals surface area contributed by atoms with Gasteiger partial charge in [0.15, 0.2) is 0 Å². The molecule has 0 saturated carbocycles. The summed E-state index contributed by atoms with van der Waals surface area (Å²) in [6.45, 7) is 1.95. The van der Waals surface area contributed by atoms with Crippen LogP contribution in [0, 0.1) is 18.3 Å². The topological polar surface area (TPSA) is 85.8 Å². The van der Waals surface area contributed by atoms with Crippen LogP contribution in [0.1, 0.15) is 11.1 Å². The van der Waals surface area contributed by atoms with Crippen LogP contribution in [-0.4, -0.2) is 13.4 Å². The SMILES string of the molecule is Cc1ccc(NS(=O)(=O)c2cccc(C#N)c2)c2[nH]cc(Br)c12. The molecule has 0 aliphatic heterocycles. The molecule has 116 valence electrons. The Morgan fingerprint density at radius 3 is 2.78 bits per heavy atom. The molecular weight excluding hydrogens is 378 g/mol. The number of fused-ring (bicyclic) bond motifs is 1. The van der Waals surface area contributed by atoms with Crippen molar-refractivity contribution in [3.63, 3.8) is 0 Å². The maximum atomic E-state index is 12.6. The molecular formula is C16H12BrN3O2S. The van der Waals surface area contributed by atoms with Crippen LogP contribution in [0.25, 0.3) is 10.9 Å². The first kappa shape index (κ1) is 15.6. The highest BCUT2D eigenvalue weighted by molar-refractivity contribution is 9.10. The molecule has 3 rings (SSSR count). The molecule has 2 aromatic carbocycles. The maximum absolute atomic E-state index is 12.6. The lowest BCUT2D eigenvalue weighted by Gasteiger charge is -2.10. The number of sulfonamides is 1. The minimum atomic E-state index is -3.78. The van der Waals surface area contributed by atoms with Gasteiger partial charge in [0.05, 0.1) is 27.7 Å². The summed E-state index contributed by atoms with van der Waals surface area (Å²) in [6.07, 6.45) is 1.77. The van der Waals surface area contributed by atoms with E-state index in [-0.39, 0.29) is 4.90 Å². The van der Waals surface area contributed by atoms with E-state index >= 15 is 0 Å². The number of aromatic amines is 1. The second kappa shape index (κ2) is 5.72. The lowest BCUT2D eigenvalue weighted by atomic mass is 10.1. The summed E-state index contributed by atoms with van der Waals surface area (Å²) in [4.78, 5) is 3.12. The Kier molecular flexibility index (Phi) is 3.88. The summed E-state index contributed by atoms with van der Waals surface area (Å²) in [5.41, 5.74) is 2.49. The summed E-state index contributed by atoms with van der Waals surface area (Å²) in [6, 6.07) is 11.4. The highest BCUT2D eigenvalue weighted by Crippen LogP contribution is 2.32. The van der Waals surface area contributed by atoms with E-state index in [1.807, 2.05) is 19.1 Å². The lowest BCUT2D eigenvalue weighted by Crippen LogP contribution is -2.13. The molecule has 0 spiro atoms. The van der Waals surface area contributed by atoms with E-state index in [1.54, 1.807) is 24.4 Å². The van der Waals surface area contributed by atoms with Gasteiger partial charge >= 0.3 is 0 Å². The molecule has 0 atom stereocenters. The normalized spacial score (nSPS) is 11.3. The number of rotatable bonds is 3. The summed E-state index contributed by atoms with van der Waals surface area (Å²) < 4.78 is 28.6. The van der Waals surface area contributed by atoms with Gasteiger partial charge in [0.2, 0.25) is 0 Å². The Morgan fingerprint density at radius 1 is 1.26 bits per heavy atom. The Hall–Kier alpha value is -2.30. The molecule has 0 aliphatic rings. The molecule has 0 bridgehead atoms. The number of benzene rings is 2. The van der Waals surface area contributed by atoms with Crippen molar-refractivity contribution in [2.75, 3.05) is 4.72 Å². The van der Waals surface area contributed by atoms with Crippen molar-refractivity contribution in [2.45, 2.75) is 11.8 Å². The van der Waals surface area contributed by atoms with Crippen LogP contribution in [0.3, 0.4) is 0 Å². The fraction of sp³-hybridized carbons (Fsp3) is 0.0625. The number of aromatic nitrogens is 1. The van der Waals surface area contributed by atoms with Gasteiger partial charge in [-0.1, -0.05) is 12.1 Å². The predicted molar refractivity (Wildman–Crippen MR) is 92.7 cm³/mol. The first-order chi connectivity index (χ1) is 10.9. The molecule has 1 heterocycles. The van der Waals surface area contributed by atoms with Crippen molar-refractivity contribution in [1.82, 2.24) is 4.98 Å². The third kappa shape index (κ3) is 2.83. The molecule has 5 nitrogen and oxygen atoms in total. The molecule has 0 aliphatic carbocycles. The largest absolute Gasteiger partial charge is 0.358 e.